The summed E-state index contributed by atoms with van der Waals surface area (Å²) in [6.45, 7) is 13.6. The Balaban J connectivity index is 2.38. The van der Waals surface area contributed by atoms with Crippen LogP contribution in [0.2, 0.25) is 0 Å². The van der Waals surface area contributed by atoms with Crippen molar-refractivity contribution in [3.8, 4) is 11.5 Å². The maximum atomic E-state index is 5.72. The Bertz CT molecular complexity index is 504. The first-order valence-electron chi connectivity index (χ1n) is 7.42. The first-order valence-corrected chi connectivity index (χ1v) is 7.42. The number of allylic oxidation sites excluding steroid dienone is 1. The summed E-state index contributed by atoms with van der Waals surface area (Å²) in [4.78, 5) is 5.39. The second-order valence-corrected chi connectivity index (χ2v) is 4.94. The predicted molar refractivity (Wildman–Crippen MR) is 88.9 cm³/mol. The molecule has 0 aromatic heterocycles. The maximum absolute atomic E-state index is 5.72. The van der Waals surface area contributed by atoms with Gasteiger partial charge >= 0.3 is 0 Å². The molecule has 0 radical (unpaired) electrons. The van der Waals surface area contributed by atoms with E-state index in [1.807, 2.05) is 38.1 Å². The Kier molecular flexibility index (Phi) is 7.90. The number of hydrogen-bond donors (Lipinski definition) is 1. The first kappa shape index (κ1) is 17.9. The fraction of sp³-hybridized carbons (Fsp3) is 0.389. The molecule has 0 saturated heterocycles. The lowest BCUT2D eigenvalue weighted by Crippen LogP contribution is -2.25. The van der Waals surface area contributed by atoms with E-state index in [4.69, 9.17) is 14.3 Å². The first-order chi connectivity index (χ1) is 10.6. The van der Waals surface area contributed by atoms with Gasteiger partial charge in [-0.3, -0.25) is 10.3 Å². The zero-order valence-corrected chi connectivity index (χ0v) is 13.6. The Morgan fingerprint density at radius 2 is 1.86 bits per heavy atom. The quantitative estimate of drug-likeness (QED) is 0.403. The van der Waals surface area contributed by atoms with Gasteiger partial charge in [-0.1, -0.05) is 20.1 Å². The summed E-state index contributed by atoms with van der Waals surface area (Å²) in [6, 6.07) is 7.58. The van der Waals surface area contributed by atoms with Crippen molar-refractivity contribution in [2.75, 3.05) is 6.61 Å². The molecule has 0 heterocycles. The summed E-state index contributed by atoms with van der Waals surface area (Å²) in [5.74, 6) is 1.62. The van der Waals surface area contributed by atoms with Crippen LogP contribution in [0, 0.1) is 0 Å². The van der Waals surface area contributed by atoms with Gasteiger partial charge in [-0.15, -0.1) is 5.73 Å². The molecule has 2 unspecified atom stereocenters. The number of hydroxylamine groups is 1. The molecule has 1 N–H and O–H groups in total. The lowest BCUT2D eigenvalue weighted by Gasteiger charge is -2.16. The number of ether oxygens (including phenoxy) is 2. The summed E-state index contributed by atoms with van der Waals surface area (Å²) in [7, 11) is 0. The zero-order chi connectivity index (χ0) is 16.4. The fourth-order valence-electron chi connectivity index (χ4n) is 1.49. The van der Waals surface area contributed by atoms with Gasteiger partial charge in [0.25, 0.3) is 0 Å². The zero-order valence-electron chi connectivity index (χ0n) is 13.6. The third-order valence-electron chi connectivity index (χ3n) is 2.99. The van der Waals surface area contributed by atoms with Crippen molar-refractivity contribution in [3.63, 3.8) is 0 Å². The number of hydrogen-bond acceptors (Lipinski definition) is 4. The van der Waals surface area contributed by atoms with Crippen molar-refractivity contribution in [2.24, 2.45) is 0 Å². The van der Waals surface area contributed by atoms with Gasteiger partial charge in [0.15, 0.2) is 0 Å². The van der Waals surface area contributed by atoms with Gasteiger partial charge < -0.3 is 9.47 Å². The largest absolute Gasteiger partial charge is 0.491 e. The standard InChI is InChI=1S/C18H25NO3/c1-6-14(4)21-18-11-9-17(10-12-18)20-13-15(5)22-19-16(7-2)8-3/h7,9-12,14-15,19H,2-3,6,13H2,1,4-5H3. The monoisotopic (exact) mass is 303 g/mol. The molecule has 0 aliphatic heterocycles. The van der Waals surface area contributed by atoms with Crippen LogP contribution in [0.3, 0.4) is 0 Å². The molecule has 0 saturated carbocycles. The minimum Gasteiger partial charge on any atom is -0.491 e. The van der Waals surface area contributed by atoms with Gasteiger partial charge in [-0.25, -0.2) is 0 Å². The minimum atomic E-state index is -0.139. The molecular weight excluding hydrogens is 278 g/mol. The molecule has 0 bridgehead atoms. The molecule has 4 heteroatoms. The van der Waals surface area contributed by atoms with E-state index in [-0.39, 0.29) is 12.2 Å². The van der Waals surface area contributed by atoms with Gasteiger partial charge in [0, 0.05) is 0 Å². The Hall–Kier alpha value is -2.16. The third-order valence-corrected chi connectivity index (χ3v) is 2.99. The highest BCUT2D eigenvalue weighted by Gasteiger charge is 2.05. The van der Waals surface area contributed by atoms with Crippen LogP contribution in [-0.2, 0) is 4.84 Å². The molecule has 2 atom stereocenters. The summed E-state index contributed by atoms with van der Waals surface area (Å²) < 4.78 is 11.4. The van der Waals surface area contributed by atoms with Crippen molar-refractivity contribution < 1.29 is 14.3 Å². The highest BCUT2D eigenvalue weighted by molar-refractivity contribution is 5.31. The Morgan fingerprint density at radius 1 is 1.23 bits per heavy atom. The van der Waals surface area contributed by atoms with Gasteiger partial charge in [-0.2, -0.15) is 0 Å². The maximum Gasteiger partial charge on any atom is 0.119 e. The fourth-order valence-corrected chi connectivity index (χ4v) is 1.49. The van der Waals surface area contributed by atoms with Crippen LogP contribution in [0.15, 0.2) is 54.9 Å². The lowest BCUT2D eigenvalue weighted by atomic mass is 10.3. The highest BCUT2D eigenvalue weighted by Crippen LogP contribution is 2.19. The third kappa shape index (κ3) is 6.53. The van der Waals surface area contributed by atoms with E-state index >= 15 is 0 Å². The minimum absolute atomic E-state index is 0.139. The van der Waals surface area contributed by atoms with Gasteiger partial charge in [-0.05, 0) is 50.6 Å². The van der Waals surface area contributed by atoms with Crippen molar-refractivity contribution >= 4 is 0 Å². The van der Waals surface area contributed by atoms with Crippen LogP contribution in [0.1, 0.15) is 27.2 Å². The number of rotatable bonds is 10. The molecule has 0 amide bonds. The molecule has 0 aliphatic rings. The van der Waals surface area contributed by atoms with Gasteiger partial charge in [0.1, 0.15) is 29.9 Å². The molecule has 4 nitrogen and oxygen atoms in total. The van der Waals surface area contributed by atoms with E-state index in [0.29, 0.717) is 12.3 Å². The van der Waals surface area contributed by atoms with Crippen LogP contribution >= 0.6 is 0 Å². The molecule has 0 spiro atoms. The molecular formula is C18H25NO3. The molecule has 1 rings (SSSR count). The average molecular weight is 303 g/mol. The average Bonchev–Trinajstić information content (AvgIpc) is 2.55. The molecule has 1 aromatic rings. The number of nitrogens with one attached hydrogen (secondary N) is 1. The van der Waals surface area contributed by atoms with Gasteiger partial charge in [0.2, 0.25) is 0 Å². The van der Waals surface area contributed by atoms with E-state index in [2.05, 4.69) is 31.3 Å². The Labute approximate surface area is 133 Å². The van der Waals surface area contributed by atoms with Crippen LogP contribution in [0.25, 0.3) is 0 Å². The van der Waals surface area contributed by atoms with E-state index < -0.39 is 0 Å². The normalized spacial score (nSPS) is 12.7. The predicted octanol–water partition coefficient (Wildman–Crippen LogP) is 4.01. The van der Waals surface area contributed by atoms with Crippen molar-refractivity contribution in [3.05, 3.63) is 54.9 Å². The van der Waals surface area contributed by atoms with E-state index in [0.717, 1.165) is 17.9 Å². The van der Waals surface area contributed by atoms with Crippen LogP contribution < -0.4 is 15.0 Å². The summed E-state index contributed by atoms with van der Waals surface area (Å²) in [5, 5.41) is 0. The summed E-state index contributed by atoms with van der Waals surface area (Å²) in [5.41, 5.74) is 5.98. The topological polar surface area (TPSA) is 39.7 Å². The van der Waals surface area contributed by atoms with Crippen LogP contribution in [-0.4, -0.2) is 18.8 Å². The Morgan fingerprint density at radius 3 is 2.41 bits per heavy atom. The van der Waals surface area contributed by atoms with Crippen LogP contribution in [0.5, 0.6) is 11.5 Å². The second kappa shape index (κ2) is 9.72. The molecule has 0 fully saturated rings. The molecule has 22 heavy (non-hydrogen) atoms. The lowest BCUT2D eigenvalue weighted by molar-refractivity contribution is -0.0186. The van der Waals surface area contributed by atoms with Crippen molar-refractivity contribution in [1.29, 1.82) is 0 Å². The summed E-state index contributed by atoms with van der Waals surface area (Å²) in [6.07, 6.45) is 2.63. The molecule has 1 aromatic carbocycles. The van der Waals surface area contributed by atoms with Crippen LogP contribution in [0.4, 0.5) is 0 Å². The van der Waals surface area contributed by atoms with Gasteiger partial charge in [0.05, 0.1) is 6.10 Å². The van der Waals surface area contributed by atoms with E-state index in [9.17, 15) is 0 Å². The second-order valence-electron chi connectivity index (χ2n) is 4.94. The number of benzene rings is 1. The molecule has 120 valence electrons. The van der Waals surface area contributed by atoms with Crippen molar-refractivity contribution in [2.45, 2.75) is 39.4 Å². The highest BCUT2D eigenvalue weighted by atomic mass is 16.7. The van der Waals surface area contributed by atoms with E-state index in [1.54, 1.807) is 6.08 Å². The molecule has 0 aliphatic carbocycles. The van der Waals surface area contributed by atoms with E-state index in [1.165, 1.54) is 0 Å². The summed E-state index contributed by atoms with van der Waals surface area (Å²) >= 11 is 0. The van der Waals surface area contributed by atoms with Crippen molar-refractivity contribution in [1.82, 2.24) is 5.48 Å². The SMILES string of the molecule is C=C=C(C=C)NOC(C)COc1ccc(OC(C)CC)cc1. The smallest absolute Gasteiger partial charge is 0.119 e.